The Labute approximate surface area is 160 Å². The van der Waals surface area contributed by atoms with Crippen LogP contribution >= 0.6 is 23.4 Å². The highest BCUT2D eigenvalue weighted by Gasteiger charge is 2.10. The van der Waals surface area contributed by atoms with Crippen LogP contribution in [0.3, 0.4) is 0 Å². The average Bonchev–Trinajstić information content (AvgIpc) is 3.11. The summed E-state index contributed by atoms with van der Waals surface area (Å²) in [5.74, 6) is 1.63. The van der Waals surface area contributed by atoms with Gasteiger partial charge in [0, 0.05) is 28.7 Å². The molecule has 0 amide bonds. The van der Waals surface area contributed by atoms with Crippen LogP contribution in [0.4, 0.5) is 0 Å². The second kappa shape index (κ2) is 7.40. The van der Waals surface area contributed by atoms with Crippen LogP contribution in [0.25, 0.3) is 16.8 Å². The summed E-state index contributed by atoms with van der Waals surface area (Å²) in [5, 5.41) is 6.36. The number of ether oxygens (including phenoxy) is 1. The molecule has 0 aliphatic carbocycles. The Hall–Kier alpha value is -2.50. The zero-order valence-corrected chi connectivity index (χ0v) is 15.7. The summed E-state index contributed by atoms with van der Waals surface area (Å²) in [6, 6.07) is 17.8. The zero-order valence-electron chi connectivity index (χ0n) is 14.1. The summed E-state index contributed by atoms with van der Waals surface area (Å²) in [5.41, 5.74) is 4.11. The molecule has 130 valence electrons. The number of halogens is 1. The van der Waals surface area contributed by atoms with Gasteiger partial charge in [-0.2, -0.15) is 5.10 Å². The zero-order chi connectivity index (χ0) is 17.9. The van der Waals surface area contributed by atoms with Crippen molar-refractivity contribution in [1.82, 2.24) is 14.6 Å². The van der Waals surface area contributed by atoms with E-state index in [1.54, 1.807) is 25.1 Å². The molecule has 0 fully saturated rings. The van der Waals surface area contributed by atoms with Gasteiger partial charge in [0.05, 0.1) is 18.3 Å². The van der Waals surface area contributed by atoms with Crippen LogP contribution in [0.15, 0.2) is 72.0 Å². The Bertz CT molecular complexity index is 1050. The van der Waals surface area contributed by atoms with Crippen molar-refractivity contribution < 1.29 is 4.74 Å². The number of benzene rings is 2. The quantitative estimate of drug-likeness (QED) is 0.437. The highest BCUT2D eigenvalue weighted by molar-refractivity contribution is 7.98. The third kappa shape index (κ3) is 3.54. The molecule has 2 aromatic heterocycles. The summed E-state index contributed by atoms with van der Waals surface area (Å²) in [6.07, 6.45) is 3.64. The highest BCUT2D eigenvalue weighted by Crippen LogP contribution is 2.29. The van der Waals surface area contributed by atoms with Crippen molar-refractivity contribution in [3.8, 4) is 17.0 Å². The molecule has 0 spiro atoms. The number of nitrogens with zero attached hydrogens (tertiary/aromatic N) is 3. The molecule has 2 aromatic carbocycles. The van der Waals surface area contributed by atoms with Crippen LogP contribution in [0.1, 0.15) is 5.56 Å². The molecule has 0 saturated heterocycles. The van der Waals surface area contributed by atoms with Gasteiger partial charge in [0.2, 0.25) is 0 Å². The second-order valence-corrected chi connectivity index (χ2v) is 7.14. The van der Waals surface area contributed by atoms with Crippen LogP contribution in [0.2, 0.25) is 5.02 Å². The Morgan fingerprint density at radius 2 is 1.96 bits per heavy atom. The molecule has 4 rings (SSSR count). The fraction of sp³-hybridized carbons (Fsp3) is 0.100. The van der Waals surface area contributed by atoms with Crippen molar-refractivity contribution in [1.29, 1.82) is 0 Å². The number of hydrogen-bond donors (Lipinski definition) is 0. The second-order valence-electron chi connectivity index (χ2n) is 5.74. The van der Waals surface area contributed by atoms with Gasteiger partial charge in [-0.3, -0.25) is 0 Å². The van der Waals surface area contributed by atoms with Crippen molar-refractivity contribution in [3.63, 3.8) is 0 Å². The summed E-state index contributed by atoms with van der Waals surface area (Å²) >= 11 is 7.74. The smallest absolute Gasteiger partial charge is 0.122 e. The van der Waals surface area contributed by atoms with E-state index < -0.39 is 0 Å². The molecule has 0 aliphatic rings. The van der Waals surface area contributed by atoms with Gasteiger partial charge in [0.15, 0.2) is 0 Å². The molecule has 2 heterocycles. The number of methoxy groups -OCH3 is 1. The van der Waals surface area contributed by atoms with E-state index in [1.807, 2.05) is 53.2 Å². The third-order valence-electron chi connectivity index (χ3n) is 4.00. The van der Waals surface area contributed by atoms with Crippen LogP contribution in [0, 0.1) is 0 Å². The number of thioether (sulfide) groups is 1. The van der Waals surface area contributed by atoms with Gasteiger partial charge in [-0.15, -0.1) is 0 Å². The van der Waals surface area contributed by atoms with Crippen molar-refractivity contribution in [2.24, 2.45) is 0 Å². The first-order valence-electron chi connectivity index (χ1n) is 8.09. The fourth-order valence-corrected chi connectivity index (χ4v) is 3.82. The van der Waals surface area contributed by atoms with Gasteiger partial charge in [-0.1, -0.05) is 35.5 Å². The number of rotatable bonds is 5. The molecular weight excluding hydrogens is 366 g/mol. The minimum atomic E-state index is 0.750. The molecule has 0 N–H and O–H groups in total. The van der Waals surface area contributed by atoms with E-state index in [1.165, 1.54) is 5.56 Å². The van der Waals surface area contributed by atoms with Crippen LogP contribution in [-0.2, 0) is 5.75 Å². The van der Waals surface area contributed by atoms with E-state index >= 15 is 0 Å². The lowest BCUT2D eigenvalue weighted by atomic mass is 10.1. The molecule has 0 radical (unpaired) electrons. The number of hydrogen-bond acceptors (Lipinski definition) is 4. The predicted molar refractivity (Wildman–Crippen MR) is 106 cm³/mol. The fourth-order valence-electron chi connectivity index (χ4n) is 2.69. The maximum absolute atomic E-state index is 6.07. The topological polar surface area (TPSA) is 39.4 Å². The first-order valence-corrected chi connectivity index (χ1v) is 9.45. The lowest BCUT2D eigenvalue weighted by Crippen LogP contribution is -1.91. The summed E-state index contributed by atoms with van der Waals surface area (Å²) in [7, 11) is 1.66. The average molecular weight is 382 g/mol. The van der Waals surface area contributed by atoms with E-state index in [0.29, 0.717) is 0 Å². The largest absolute Gasteiger partial charge is 0.497 e. The van der Waals surface area contributed by atoms with E-state index in [2.05, 4.69) is 22.2 Å². The van der Waals surface area contributed by atoms with E-state index in [-0.39, 0.29) is 0 Å². The molecule has 6 heteroatoms. The van der Waals surface area contributed by atoms with Crippen molar-refractivity contribution in [3.05, 3.63) is 77.6 Å². The molecule has 0 unspecified atom stereocenters. The van der Waals surface area contributed by atoms with Gasteiger partial charge in [0.1, 0.15) is 10.8 Å². The van der Waals surface area contributed by atoms with Crippen molar-refractivity contribution in [2.75, 3.05) is 7.11 Å². The molecular formula is C20H16ClN3OS. The minimum absolute atomic E-state index is 0.750. The predicted octanol–water partition coefficient (Wildman–Crippen LogP) is 5.35. The molecule has 0 bridgehead atoms. The Morgan fingerprint density at radius 3 is 2.73 bits per heavy atom. The van der Waals surface area contributed by atoms with E-state index in [0.717, 1.165) is 38.3 Å². The van der Waals surface area contributed by atoms with Gasteiger partial charge in [-0.25, -0.2) is 9.50 Å². The maximum Gasteiger partial charge on any atom is 0.122 e. The van der Waals surface area contributed by atoms with E-state index in [9.17, 15) is 0 Å². The maximum atomic E-state index is 6.07. The first-order chi connectivity index (χ1) is 12.7. The molecule has 26 heavy (non-hydrogen) atoms. The summed E-state index contributed by atoms with van der Waals surface area (Å²) < 4.78 is 7.09. The van der Waals surface area contributed by atoms with Gasteiger partial charge in [0.25, 0.3) is 0 Å². The number of aromatic nitrogens is 3. The Morgan fingerprint density at radius 1 is 1.12 bits per heavy atom. The minimum Gasteiger partial charge on any atom is -0.497 e. The summed E-state index contributed by atoms with van der Waals surface area (Å²) in [6.45, 7) is 0. The SMILES string of the molecule is COc1ccc(-c2cc3c(SCc4cccc(Cl)c4)nccn3n2)cc1. The molecule has 0 aliphatic heterocycles. The lowest BCUT2D eigenvalue weighted by molar-refractivity contribution is 0.415. The standard InChI is InChI=1S/C20H16ClN3OS/c1-25-17-7-5-15(6-8-17)18-12-19-20(22-9-10-24(19)23-18)26-13-14-3-2-4-16(21)11-14/h2-12H,13H2,1H3. The van der Waals surface area contributed by atoms with Crippen LogP contribution < -0.4 is 4.74 Å². The molecule has 4 aromatic rings. The highest BCUT2D eigenvalue weighted by atomic mass is 35.5. The number of fused-ring (bicyclic) bond motifs is 1. The third-order valence-corrected chi connectivity index (χ3v) is 5.31. The molecule has 0 atom stereocenters. The van der Waals surface area contributed by atoms with Crippen molar-refractivity contribution in [2.45, 2.75) is 10.8 Å². The molecule has 0 saturated carbocycles. The monoisotopic (exact) mass is 381 g/mol. The van der Waals surface area contributed by atoms with Crippen molar-refractivity contribution >= 4 is 28.9 Å². The van der Waals surface area contributed by atoms with Gasteiger partial charge >= 0.3 is 0 Å². The Kier molecular flexibility index (Phi) is 4.82. The van der Waals surface area contributed by atoms with Crippen LogP contribution in [-0.4, -0.2) is 21.7 Å². The van der Waals surface area contributed by atoms with E-state index in [4.69, 9.17) is 16.3 Å². The first kappa shape index (κ1) is 16.9. The Balaban J connectivity index is 1.62. The molecule has 4 nitrogen and oxygen atoms in total. The normalized spacial score (nSPS) is 11.0. The lowest BCUT2D eigenvalue weighted by Gasteiger charge is -2.03. The van der Waals surface area contributed by atoms with Crippen LogP contribution in [0.5, 0.6) is 5.75 Å². The van der Waals surface area contributed by atoms with Gasteiger partial charge < -0.3 is 4.74 Å². The summed E-state index contributed by atoms with van der Waals surface area (Å²) in [4.78, 5) is 4.53. The van der Waals surface area contributed by atoms with Gasteiger partial charge in [-0.05, 0) is 48.0 Å².